The molecule has 0 radical (unpaired) electrons. The molecule has 5 nitrogen and oxygen atoms in total. The van der Waals surface area contributed by atoms with Crippen molar-refractivity contribution in [1.29, 1.82) is 0 Å². The molecule has 0 bridgehead atoms. The maximum absolute atomic E-state index is 12.7. The molecule has 2 aromatic carbocycles. The van der Waals surface area contributed by atoms with Crippen molar-refractivity contribution < 1.29 is 9.53 Å². The first-order valence-corrected chi connectivity index (χ1v) is 9.69. The van der Waals surface area contributed by atoms with E-state index >= 15 is 0 Å². The summed E-state index contributed by atoms with van der Waals surface area (Å²) in [4.78, 5) is 16.6. The van der Waals surface area contributed by atoms with Gasteiger partial charge in [0.05, 0.1) is 21.4 Å². The molecule has 3 rings (SSSR count). The Morgan fingerprint density at radius 2 is 1.78 bits per heavy atom. The third kappa shape index (κ3) is 4.54. The topological polar surface area (TPSA) is 58.8 Å². The van der Waals surface area contributed by atoms with Gasteiger partial charge in [0, 0.05) is 31.2 Å². The lowest BCUT2D eigenvalue weighted by molar-refractivity contribution is -0.138. The van der Waals surface area contributed by atoms with Gasteiger partial charge in [-0.3, -0.25) is 4.79 Å². The Bertz CT molecular complexity index is 819. The van der Waals surface area contributed by atoms with E-state index in [0.717, 1.165) is 5.69 Å². The van der Waals surface area contributed by atoms with Gasteiger partial charge < -0.3 is 20.3 Å². The molecule has 1 aliphatic heterocycles. The van der Waals surface area contributed by atoms with Gasteiger partial charge >= 0.3 is 0 Å². The highest BCUT2D eigenvalue weighted by Crippen LogP contribution is 2.33. The first kappa shape index (κ1) is 19.9. The Morgan fingerprint density at radius 1 is 1.07 bits per heavy atom. The van der Waals surface area contributed by atoms with Crippen LogP contribution < -0.4 is 15.4 Å². The molecule has 0 spiro atoms. The average Bonchev–Trinajstić information content (AvgIpc) is 2.64. The third-order valence-electron chi connectivity index (χ3n) is 4.47. The van der Waals surface area contributed by atoms with Crippen LogP contribution in [0.1, 0.15) is 6.92 Å². The van der Waals surface area contributed by atoms with Gasteiger partial charge in [0.1, 0.15) is 5.75 Å². The summed E-state index contributed by atoms with van der Waals surface area (Å²) in [6.45, 7) is 4.13. The predicted octanol–water partition coefficient (Wildman–Crippen LogP) is 4.35. The number of carbonyl (C=O) groups excluding carboxylic acids is 1. The minimum atomic E-state index is -0.652. The number of anilines is 2. The second kappa shape index (κ2) is 8.46. The van der Waals surface area contributed by atoms with Gasteiger partial charge in [0.2, 0.25) is 0 Å². The van der Waals surface area contributed by atoms with Gasteiger partial charge in [0.25, 0.3) is 5.91 Å². The number of para-hydroxylation sites is 1. The van der Waals surface area contributed by atoms with Crippen LogP contribution in [0, 0.1) is 0 Å². The number of piperazine rings is 1. The standard InChI is InChI=1S/C19H20Cl3N3O2/c1-12(27-17-6-5-13(20)11-15(17)22)19(26)25-9-7-24(8-10-25)18-14(21)3-2-4-16(18)23/h2-6,11-12H,7-10,23H2,1H3. The molecule has 1 atom stereocenters. The molecule has 1 fully saturated rings. The van der Waals surface area contributed by atoms with E-state index in [-0.39, 0.29) is 5.91 Å². The van der Waals surface area contributed by atoms with Crippen LogP contribution in [0.2, 0.25) is 15.1 Å². The molecule has 2 N–H and O–H groups in total. The van der Waals surface area contributed by atoms with Gasteiger partial charge in [0.15, 0.2) is 6.10 Å². The molecule has 27 heavy (non-hydrogen) atoms. The molecule has 1 unspecified atom stereocenters. The van der Waals surface area contributed by atoms with E-state index in [2.05, 4.69) is 4.90 Å². The Hall–Kier alpha value is -1.82. The lowest BCUT2D eigenvalue weighted by Gasteiger charge is -2.37. The van der Waals surface area contributed by atoms with Gasteiger partial charge in [-0.2, -0.15) is 0 Å². The van der Waals surface area contributed by atoms with Crippen LogP contribution in [-0.4, -0.2) is 43.1 Å². The number of hydrogen-bond acceptors (Lipinski definition) is 4. The first-order chi connectivity index (χ1) is 12.9. The van der Waals surface area contributed by atoms with E-state index in [0.29, 0.717) is 52.7 Å². The molecular formula is C19H20Cl3N3O2. The summed E-state index contributed by atoms with van der Waals surface area (Å²) >= 11 is 18.3. The Kier molecular flexibility index (Phi) is 6.25. The molecule has 1 amide bonds. The number of carbonyl (C=O) groups is 1. The predicted molar refractivity (Wildman–Crippen MR) is 111 cm³/mol. The molecule has 0 saturated carbocycles. The number of nitrogens with two attached hydrogens (primary N) is 1. The molecule has 1 aliphatic rings. The van der Waals surface area contributed by atoms with E-state index in [1.807, 2.05) is 18.2 Å². The highest BCUT2D eigenvalue weighted by atomic mass is 35.5. The maximum Gasteiger partial charge on any atom is 0.263 e. The summed E-state index contributed by atoms with van der Waals surface area (Å²) in [6, 6.07) is 10.4. The summed E-state index contributed by atoms with van der Waals surface area (Å²) in [5.74, 6) is 0.345. The first-order valence-electron chi connectivity index (χ1n) is 8.56. The SMILES string of the molecule is CC(Oc1ccc(Cl)cc1Cl)C(=O)N1CCN(c2c(N)cccc2Cl)CC1. The van der Waals surface area contributed by atoms with Crippen molar-refractivity contribution in [2.75, 3.05) is 36.8 Å². The van der Waals surface area contributed by atoms with Crippen LogP contribution in [0.4, 0.5) is 11.4 Å². The fourth-order valence-electron chi connectivity index (χ4n) is 3.08. The van der Waals surface area contributed by atoms with Crippen molar-refractivity contribution in [3.8, 4) is 5.75 Å². The Morgan fingerprint density at radius 3 is 2.41 bits per heavy atom. The number of hydrogen-bond donors (Lipinski definition) is 1. The van der Waals surface area contributed by atoms with E-state index in [1.165, 1.54) is 0 Å². The third-order valence-corrected chi connectivity index (χ3v) is 5.31. The zero-order valence-corrected chi connectivity index (χ0v) is 17.1. The van der Waals surface area contributed by atoms with Gasteiger partial charge in [-0.05, 0) is 37.3 Å². The smallest absolute Gasteiger partial charge is 0.263 e. The fourth-order valence-corrected chi connectivity index (χ4v) is 3.84. The number of nitrogens with zero attached hydrogens (tertiary/aromatic N) is 2. The minimum Gasteiger partial charge on any atom is -0.479 e. The number of ether oxygens (including phenoxy) is 1. The summed E-state index contributed by atoms with van der Waals surface area (Å²) in [6.07, 6.45) is -0.652. The summed E-state index contributed by atoms with van der Waals surface area (Å²) in [7, 11) is 0. The minimum absolute atomic E-state index is 0.0900. The highest BCUT2D eigenvalue weighted by molar-refractivity contribution is 6.35. The van der Waals surface area contributed by atoms with E-state index in [9.17, 15) is 4.79 Å². The van der Waals surface area contributed by atoms with E-state index < -0.39 is 6.10 Å². The molecule has 144 valence electrons. The number of rotatable bonds is 4. The quantitative estimate of drug-likeness (QED) is 0.736. The van der Waals surface area contributed by atoms with Gasteiger partial charge in [-0.15, -0.1) is 0 Å². The van der Waals surface area contributed by atoms with Crippen molar-refractivity contribution in [2.45, 2.75) is 13.0 Å². The molecular weight excluding hydrogens is 409 g/mol. The molecule has 1 saturated heterocycles. The number of halogens is 3. The lowest BCUT2D eigenvalue weighted by Crippen LogP contribution is -2.52. The van der Waals surface area contributed by atoms with Crippen LogP contribution in [0.25, 0.3) is 0 Å². The highest BCUT2D eigenvalue weighted by Gasteiger charge is 2.27. The largest absolute Gasteiger partial charge is 0.479 e. The summed E-state index contributed by atoms with van der Waals surface area (Å²) < 4.78 is 5.73. The maximum atomic E-state index is 12.7. The normalized spacial score (nSPS) is 15.6. The Labute approximate surface area is 173 Å². The summed E-state index contributed by atoms with van der Waals surface area (Å²) in [5, 5.41) is 1.51. The zero-order valence-electron chi connectivity index (χ0n) is 14.8. The molecule has 1 heterocycles. The monoisotopic (exact) mass is 427 g/mol. The average molecular weight is 429 g/mol. The van der Waals surface area contributed by atoms with Crippen LogP contribution in [-0.2, 0) is 4.79 Å². The van der Waals surface area contributed by atoms with Gasteiger partial charge in [-0.1, -0.05) is 40.9 Å². The van der Waals surface area contributed by atoms with Crippen molar-refractivity contribution in [2.24, 2.45) is 0 Å². The van der Waals surface area contributed by atoms with Crippen LogP contribution >= 0.6 is 34.8 Å². The van der Waals surface area contributed by atoms with Gasteiger partial charge in [-0.25, -0.2) is 0 Å². The lowest BCUT2D eigenvalue weighted by atomic mass is 10.2. The second-order valence-electron chi connectivity index (χ2n) is 6.32. The van der Waals surface area contributed by atoms with Crippen molar-refractivity contribution in [3.05, 3.63) is 51.5 Å². The Balaban J connectivity index is 1.61. The second-order valence-corrected chi connectivity index (χ2v) is 7.58. The molecule has 0 aliphatic carbocycles. The molecule has 2 aromatic rings. The van der Waals surface area contributed by atoms with Crippen LogP contribution in [0.5, 0.6) is 5.75 Å². The van der Waals surface area contributed by atoms with Crippen molar-refractivity contribution in [3.63, 3.8) is 0 Å². The zero-order chi connectivity index (χ0) is 19.6. The fraction of sp³-hybridized carbons (Fsp3) is 0.316. The van der Waals surface area contributed by atoms with E-state index in [4.69, 9.17) is 45.3 Å². The molecule has 8 heteroatoms. The number of nitrogen functional groups attached to an aromatic ring is 1. The van der Waals surface area contributed by atoms with Crippen molar-refractivity contribution >= 4 is 52.1 Å². The molecule has 0 aromatic heterocycles. The van der Waals surface area contributed by atoms with Crippen LogP contribution in [0.15, 0.2) is 36.4 Å². The number of benzene rings is 2. The summed E-state index contributed by atoms with van der Waals surface area (Å²) in [5.41, 5.74) is 7.52. The van der Waals surface area contributed by atoms with Crippen LogP contribution in [0.3, 0.4) is 0 Å². The van der Waals surface area contributed by atoms with E-state index in [1.54, 1.807) is 30.0 Å². The van der Waals surface area contributed by atoms with Crippen molar-refractivity contribution in [1.82, 2.24) is 4.90 Å². The number of amides is 1.